The summed E-state index contributed by atoms with van der Waals surface area (Å²) in [5.74, 6) is -0.560. The van der Waals surface area contributed by atoms with Crippen LogP contribution >= 0.6 is 15.9 Å². The van der Waals surface area contributed by atoms with E-state index >= 15 is 0 Å². The second-order valence-corrected chi connectivity index (χ2v) is 5.48. The van der Waals surface area contributed by atoms with Crippen molar-refractivity contribution in [2.45, 2.75) is 18.8 Å². The van der Waals surface area contributed by atoms with Crippen molar-refractivity contribution in [2.24, 2.45) is 0 Å². The average Bonchev–Trinajstić information content (AvgIpc) is 2.82. The first-order valence-corrected chi connectivity index (χ1v) is 6.89. The van der Waals surface area contributed by atoms with Gasteiger partial charge in [0.1, 0.15) is 5.82 Å². The van der Waals surface area contributed by atoms with E-state index < -0.39 is 0 Å². The SMILES string of the molecule is O=C(c1ccc(F)cc1Br)C1CCc2cccnc21. The Morgan fingerprint density at radius 1 is 1.37 bits per heavy atom. The second-order valence-electron chi connectivity index (χ2n) is 4.63. The van der Waals surface area contributed by atoms with Gasteiger partial charge in [0, 0.05) is 16.2 Å². The molecule has 0 N–H and O–H groups in total. The maximum Gasteiger partial charge on any atom is 0.173 e. The number of halogens is 2. The van der Waals surface area contributed by atoms with Crippen molar-refractivity contribution in [1.29, 1.82) is 0 Å². The van der Waals surface area contributed by atoms with E-state index in [1.54, 1.807) is 6.20 Å². The molecule has 1 aromatic heterocycles. The highest BCUT2D eigenvalue weighted by atomic mass is 79.9. The summed E-state index contributed by atoms with van der Waals surface area (Å²) in [6.45, 7) is 0. The number of carbonyl (C=O) groups excluding carboxylic acids is 1. The van der Waals surface area contributed by atoms with Crippen LogP contribution in [0.4, 0.5) is 4.39 Å². The van der Waals surface area contributed by atoms with Crippen LogP contribution in [0.2, 0.25) is 0 Å². The van der Waals surface area contributed by atoms with Gasteiger partial charge in [0.05, 0.1) is 11.6 Å². The number of pyridine rings is 1. The summed E-state index contributed by atoms with van der Waals surface area (Å²) in [4.78, 5) is 16.9. The van der Waals surface area contributed by atoms with Crippen molar-refractivity contribution < 1.29 is 9.18 Å². The minimum Gasteiger partial charge on any atom is -0.293 e. The highest BCUT2D eigenvalue weighted by Crippen LogP contribution is 2.35. The molecule has 1 unspecified atom stereocenters. The fourth-order valence-electron chi connectivity index (χ4n) is 2.54. The van der Waals surface area contributed by atoms with Gasteiger partial charge in [-0.05, 0) is 58.6 Å². The number of ketones is 1. The van der Waals surface area contributed by atoms with Gasteiger partial charge in [-0.1, -0.05) is 6.07 Å². The number of aromatic nitrogens is 1. The van der Waals surface area contributed by atoms with E-state index in [1.165, 1.54) is 18.2 Å². The summed E-state index contributed by atoms with van der Waals surface area (Å²) in [7, 11) is 0. The van der Waals surface area contributed by atoms with E-state index in [4.69, 9.17) is 0 Å². The zero-order valence-corrected chi connectivity index (χ0v) is 11.7. The number of hydrogen-bond donors (Lipinski definition) is 0. The van der Waals surface area contributed by atoms with E-state index in [-0.39, 0.29) is 17.5 Å². The van der Waals surface area contributed by atoms with E-state index in [2.05, 4.69) is 20.9 Å². The molecule has 96 valence electrons. The normalized spacial score (nSPS) is 17.3. The van der Waals surface area contributed by atoms with Gasteiger partial charge in [-0.15, -0.1) is 0 Å². The van der Waals surface area contributed by atoms with Crippen molar-refractivity contribution >= 4 is 21.7 Å². The van der Waals surface area contributed by atoms with Crippen LogP contribution in [-0.2, 0) is 6.42 Å². The van der Waals surface area contributed by atoms with Crippen LogP contribution in [0.25, 0.3) is 0 Å². The van der Waals surface area contributed by atoms with E-state index in [0.717, 1.165) is 24.1 Å². The predicted octanol–water partition coefficient (Wildman–Crippen LogP) is 3.90. The van der Waals surface area contributed by atoms with Gasteiger partial charge in [-0.25, -0.2) is 4.39 Å². The fourth-order valence-corrected chi connectivity index (χ4v) is 3.09. The lowest BCUT2D eigenvalue weighted by Crippen LogP contribution is -2.12. The molecule has 1 aliphatic rings. The molecule has 3 rings (SSSR count). The quantitative estimate of drug-likeness (QED) is 0.786. The molecule has 0 radical (unpaired) electrons. The molecule has 1 atom stereocenters. The summed E-state index contributed by atoms with van der Waals surface area (Å²) in [5, 5.41) is 0. The molecule has 0 saturated carbocycles. The molecule has 0 fully saturated rings. The summed E-state index contributed by atoms with van der Waals surface area (Å²) < 4.78 is 13.6. The number of nitrogens with zero attached hydrogens (tertiary/aromatic N) is 1. The topological polar surface area (TPSA) is 30.0 Å². The third kappa shape index (κ3) is 2.21. The van der Waals surface area contributed by atoms with Crippen molar-refractivity contribution in [3.05, 3.63) is 63.6 Å². The van der Waals surface area contributed by atoms with Gasteiger partial charge in [0.15, 0.2) is 5.78 Å². The standard InChI is InChI=1S/C15H11BrFNO/c16-13-8-10(17)4-6-11(13)15(19)12-5-3-9-2-1-7-18-14(9)12/h1-2,4,6-8,12H,3,5H2. The molecular weight excluding hydrogens is 309 g/mol. The van der Waals surface area contributed by atoms with Gasteiger partial charge < -0.3 is 0 Å². The van der Waals surface area contributed by atoms with Gasteiger partial charge in [-0.3, -0.25) is 9.78 Å². The first-order chi connectivity index (χ1) is 9.16. The Hall–Kier alpha value is -1.55. The largest absolute Gasteiger partial charge is 0.293 e. The zero-order chi connectivity index (χ0) is 13.4. The Bertz CT molecular complexity index is 656. The minimum absolute atomic E-state index is 0.00400. The molecule has 2 nitrogen and oxygen atoms in total. The van der Waals surface area contributed by atoms with E-state index in [0.29, 0.717) is 10.0 Å². The molecule has 1 aromatic carbocycles. The number of Topliss-reactive ketones (excluding diaryl/α,β-unsaturated/α-hetero) is 1. The number of hydrogen-bond acceptors (Lipinski definition) is 2. The Morgan fingerprint density at radius 2 is 2.21 bits per heavy atom. The molecule has 0 saturated heterocycles. The molecule has 19 heavy (non-hydrogen) atoms. The highest BCUT2D eigenvalue weighted by molar-refractivity contribution is 9.10. The Morgan fingerprint density at radius 3 is 3.00 bits per heavy atom. The van der Waals surface area contributed by atoms with Crippen LogP contribution in [-0.4, -0.2) is 10.8 Å². The van der Waals surface area contributed by atoms with Crippen LogP contribution in [0.15, 0.2) is 41.0 Å². The van der Waals surface area contributed by atoms with Gasteiger partial charge in [-0.2, -0.15) is 0 Å². The van der Waals surface area contributed by atoms with Crippen molar-refractivity contribution in [2.75, 3.05) is 0 Å². The Labute approximate surface area is 118 Å². The van der Waals surface area contributed by atoms with Gasteiger partial charge >= 0.3 is 0 Å². The lowest BCUT2D eigenvalue weighted by molar-refractivity contribution is 0.0957. The average molecular weight is 320 g/mol. The maximum atomic E-state index is 13.1. The summed E-state index contributed by atoms with van der Waals surface area (Å²) in [5.41, 5.74) is 2.52. The minimum atomic E-state index is -0.353. The van der Waals surface area contributed by atoms with Crippen LogP contribution in [0, 0.1) is 5.82 Å². The van der Waals surface area contributed by atoms with Crippen LogP contribution in [0.3, 0.4) is 0 Å². The maximum absolute atomic E-state index is 13.1. The number of fused-ring (bicyclic) bond motifs is 1. The van der Waals surface area contributed by atoms with Crippen molar-refractivity contribution in [1.82, 2.24) is 4.98 Å². The summed E-state index contributed by atoms with van der Waals surface area (Å²) >= 11 is 3.25. The lowest BCUT2D eigenvalue weighted by Gasteiger charge is -2.11. The molecule has 4 heteroatoms. The number of aryl methyl sites for hydroxylation is 1. The summed E-state index contributed by atoms with van der Waals surface area (Å²) in [6, 6.07) is 8.06. The van der Waals surface area contributed by atoms with Crippen LogP contribution < -0.4 is 0 Å². The lowest BCUT2D eigenvalue weighted by atomic mass is 9.95. The van der Waals surface area contributed by atoms with Crippen molar-refractivity contribution in [3.8, 4) is 0 Å². The first kappa shape index (κ1) is 12.5. The second kappa shape index (κ2) is 4.85. The number of benzene rings is 1. The smallest absolute Gasteiger partial charge is 0.173 e. The van der Waals surface area contributed by atoms with Crippen molar-refractivity contribution in [3.63, 3.8) is 0 Å². The molecule has 1 aliphatic carbocycles. The third-order valence-electron chi connectivity index (χ3n) is 3.47. The van der Waals surface area contributed by atoms with Gasteiger partial charge in [0.2, 0.25) is 0 Å². The zero-order valence-electron chi connectivity index (χ0n) is 10.1. The predicted molar refractivity (Wildman–Crippen MR) is 73.7 cm³/mol. The number of rotatable bonds is 2. The molecule has 0 spiro atoms. The van der Waals surface area contributed by atoms with E-state index in [1.807, 2.05) is 12.1 Å². The molecule has 0 bridgehead atoms. The Kier molecular flexibility index (Phi) is 3.19. The van der Waals surface area contributed by atoms with Crippen LogP contribution in [0.1, 0.15) is 34.0 Å². The van der Waals surface area contributed by atoms with E-state index in [9.17, 15) is 9.18 Å². The first-order valence-electron chi connectivity index (χ1n) is 6.10. The Balaban J connectivity index is 1.98. The molecule has 1 heterocycles. The molecule has 0 aliphatic heterocycles. The molecular formula is C15H11BrFNO. The third-order valence-corrected chi connectivity index (χ3v) is 4.13. The number of carbonyl (C=O) groups is 1. The molecule has 2 aromatic rings. The van der Waals surface area contributed by atoms with Gasteiger partial charge in [0.25, 0.3) is 0 Å². The molecule has 0 amide bonds. The highest BCUT2D eigenvalue weighted by Gasteiger charge is 2.31. The fraction of sp³-hybridized carbons (Fsp3) is 0.200. The monoisotopic (exact) mass is 319 g/mol. The summed E-state index contributed by atoms with van der Waals surface area (Å²) in [6.07, 6.45) is 3.36. The van der Waals surface area contributed by atoms with Crippen LogP contribution in [0.5, 0.6) is 0 Å².